The molecule has 0 bridgehead atoms. The molecule has 0 radical (unpaired) electrons. The zero-order valence-corrected chi connectivity index (χ0v) is 9.71. The number of carbonyl (C=O) groups is 1. The number of likely N-dealkylation sites (tertiary alicyclic amines) is 1. The summed E-state index contributed by atoms with van der Waals surface area (Å²) in [6.45, 7) is 4.46. The number of rotatable bonds is 1. The minimum Gasteiger partial charge on any atom is -0.377 e. The van der Waals surface area contributed by atoms with Crippen LogP contribution in [0.25, 0.3) is 0 Å². The molecule has 0 saturated carbocycles. The first-order valence-electron chi connectivity index (χ1n) is 6.45. The van der Waals surface area contributed by atoms with Crippen molar-refractivity contribution in [2.75, 3.05) is 32.8 Å². The molecule has 3 aliphatic heterocycles. The lowest BCUT2D eigenvalue weighted by atomic mass is 9.76. The lowest BCUT2D eigenvalue weighted by Gasteiger charge is -2.39. The van der Waals surface area contributed by atoms with Crippen LogP contribution in [0.3, 0.4) is 0 Å². The third-order valence-corrected chi connectivity index (χ3v) is 4.33. The van der Waals surface area contributed by atoms with Crippen LogP contribution in [0.5, 0.6) is 0 Å². The van der Waals surface area contributed by atoms with Crippen LogP contribution in [0.1, 0.15) is 25.7 Å². The SMILES string of the molecule is O=C(N1CCCC1)[C@@]12CCO[C@@H]1CCNC2. The molecule has 16 heavy (non-hydrogen) atoms. The Morgan fingerprint density at radius 3 is 3.00 bits per heavy atom. The molecule has 3 saturated heterocycles. The van der Waals surface area contributed by atoms with Crippen LogP contribution in [0, 0.1) is 5.41 Å². The zero-order valence-electron chi connectivity index (χ0n) is 9.71. The zero-order chi connectivity index (χ0) is 11.0. The van der Waals surface area contributed by atoms with Crippen molar-refractivity contribution >= 4 is 5.91 Å². The van der Waals surface area contributed by atoms with Crippen molar-refractivity contribution < 1.29 is 9.53 Å². The van der Waals surface area contributed by atoms with Gasteiger partial charge in [-0.1, -0.05) is 0 Å². The molecule has 0 aromatic rings. The molecule has 1 N–H and O–H groups in total. The fourth-order valence-electron chi connectivity index (χ4n) is 3.37. The average molecular weight is 224 g/mol. The highest BCUT2D eigenvalue weighted by Gasteiger charge is 2.52. The van der Waals surface area contributed by atoms with Crippen molar-refractivity contribution in [2.45, 2.75) is 31.8 Å². The second-order valence-corrected chi connectivity index (χ2v) is 5.23. The molecule has 0 spiro atoms. The lowest BCUT2D eigenvalue weighted by molar-refractivity contribution is -0.145. The Hall–Kier alpha value is -0.610. The summed E-state index contributed by atoms with van der Waals surface area (Å²) in [5.41, 5.74) is -0.234. The van der Waals surface area contributed by atoms with E-state index in [1.807, 2.05) is 0 Å². The Kier molecular flexibility index (Phi) is 2.64. The number of amides is 1. The molecule has 1 amide bonds. The molecule has 3 rings (SSSR count). The average Bonchev–Trinajstić information content (AvgIpc) is 2.98. The summed E-state index contributed by atoms with van der Waals surface area (Å²) in [4.78, 5) is 14.7. The van der Waals surface area contributed by atoms with E-state index in [2.05, 4.69) is 10.2 Å². The number of hydrogen-bond donors (Lipinski definition) is 1. The molecule has 2 atom stereocenters. The van der Waals surface area contributed by atoms with Gasteiger partial charge in [-0.05, 0) is 32.2 Å². The number of nitrogens with zero attached hydrogens (tertiary/aromatic N) is 1. The molecule has 0 unspecified atom stereocenters. The molecule has 90 valence electrons. The quantitative estimate of drug-likeness (QED) is 0.700. The van der Waals surface area contributed by atoms with Crippen molar-refractivity contribution in [1.29, 1.82) is 0 Å². The number of ether oxygens (including phenoxy) is 1. The first-order chi connectivity index (χ1) is 7.83. The maximum atomic E-state index is 12.6. The van der Waals surface area contributed by atoms with Crippen LogP contribution in [0.2, 0.25) is 0 Å². The molecule has 0 aliphatic carbocycles. The van der Waals surface area contributed by atoms with E-state index in [1.54, 1.807) is 0 Å². The maximum Gasteiger partial charge on any atom is 0.232 e. The van der Waals surface area contributed by atoms with Gasteiger partial charge < -0.3 is 15.0 Å². The smallest absolute Gasteiger partial charge is 0.232 e. The highest BCUT2D eigenvalue weighted by Crippen LogP contribution is 2.40. The van der Waals surface area contributed by atoms with E-state index in [-0.39, 0.29) is 11.5 Å². The van der Waals surface area contributed by atoms with E-state index in [1.165, 1.54) is 12.8 Å². The number of nitrogens with one attached hydrogen (secondary N) is 1. The maximum absolute atomic E-state index is 12.6. The van der Waals surface area contributed by atoms with Gasteiger partial charge in [0.15, 0.2) is 0 Å². The summed E-state index contributed by atoms with van der Waals surface area (Å²) in [6, 6.07) is 0. The van der Waals surface area contributed by atoms with Gasteiger partial charge >= 0.3 is 0 Å². The highest BCUT2D eigenvalue weighted by molar-refractivity contribution is 5.84. The summed E-state index contributed by atoms with van der Waals surface area (Å²) < 4.78 is 5.75. The Morgan fingerprint density at radius 1 is 1.38 bits per heavy atom. The van der Waals surface area contributed by atoms with Gasteiger partial charge in [-0.2, -0.15) is 0 Å². The van der Waals surface area contributed by atoms with Crippen LogP contribution in [0.4, 0.5) is 0 Å². The molecule has 0 aromatic carbocycles. The van der Waals surface area contributed by atoms with Gasteiger partial charge in [0.05, 0.1) is 11.5 Å². The third kappa shape index (κ3) is 1.47. The van der Waals surface area contributed by atoms with Gasteiger partial charge in [0.25, 0.3) is 0 Å². The van der Waals surface area contributed by atoms with Crippen LogP contribution < -0.4 is 5.32 Å². The van der Waals surface area contributed by atoms with Crippen molar-refractivity contribution in [3.8, 4) is 0 Å². The molecule has 3 heterocycles. The van der Waals surface area contributed by atoms with Crippen LogP contribution in [-0.4, -0.2) is 49.7 Å². The van der Waals surface area contributed by atoms with E-state index in [9.17, 15) is 4.79 Å². The topological polar surface area (TPSA) is 41.6 Å². The Morgan fingerprint density at radius 2 is 2.19 bits per heavy atom. The Labute approximate surface area is 96.3 Å². The van der Waals surface area contributed by atoms with Gasteiger partial charge in [0.2, 0.25) is 5.91 Å². The fourth-order valence-corrected chi connectivity index (χ4v) is 3.37. The van der Waals surface area contributed by atoms with E-state index in [4.69, 9.17) is 4.74 Å². The van der Waals surface area contributed by atoms with E-state index in [0.717, 1.165) is 45.6 Å². The standard InChI is InChI=1S/C12H20N2O2/c15-11(14-6-1-2-7-14)12-4-8-16-10(12)3-5-13-9-12/h10,13H,1-9H2/t10-,12-/m1/s1. The summed E-state index contributed by atoms with van der Waals surface area (Å²) in [7, 11) is 0. The monoisotopic (exact) mass is 224 g/mol. The highest BCUT2D eigenvalue weighted by atomic mass is 16.5. The molecule has 3 fully saturated rings. The largest absolute Gasteiger partial charge is 0.377 e. The van der Waals surface area contributed by atoms with E-state index >= 15 is 0 Å². The van der Waals surface area contributed by atoms with Gasteiger partial charge in [0, 0.05) is 26.2 Å². The third-order valence-electron chi connectivity index (χ3n) is 4.33. The minimum atomic E-state index is -0.234. The summed E-state index contributed by atoms with van der Waals surface area (Å²) in [6.07, 6.45) is 4.39. The van der Waals surface area contributed by atoms with Gasteiger partial charge in [-0.25, -0.2) is 0 Å². The molecule has 0 aromatic heterocycles. The predicted octanol–water partition coefficient (Wildman–Crippen LogP) is 0.377. The van der Waals surface area contributed by atoms with E-state index < -0.39 is 0 Å². The molecular weight excluding hydrogens is 204 g/mol. The number of carbonyl (C=O) groups excluding carboxylic acids is 1. The normalized spacial score (nSPS) is 38.8. The summed E-state index contributed by atoms with van der Waals surface area (Å²) >= 11 is 0. The van der Waals surface area contributed by atoms with Gasteiger partial charge in [0.1, 0.15) is 0 Å². The fraction of sp³-hybridized carbons (Fsp3) is 0.917. The molecule has 4 nitrogen and oxygen atoms in total. The van der Waals surface area contributed by atoms with Crippen molar-refractivity contribution in [1.82, 2.24) is 10.2 Å². The second kappa shape index (κ2) is 4.00. The van der Waals surface area contributed by atoms with Crippen LogP contribution in [-0.2, 0) is 9.53 Å². The number of fused-ring (bicyclic) bond motifs is 1. The second-order valence-electron chi connectivity index (χ2n) is 5.23. The van der Waals surface area contributed by atoms with E-state index in [0.29, 0.717) is 5.91 Å². The summed E-state index contributed by atoms with van der Waals surface area (Å²) in [5.74, 6) is 0.347. The van der Waals surface area contributed by atoms with Crippen molar-refractivity contribution in [3.05, 3.63) is 0 Å². The molecular formula is C12H20N2O2. The van der Waals surface area contributed by atoms with Crippen molar-refractivity contribution in [3.63, 3.8) is 0 Å². The first-order valence-corrected chi connectivity index (χ1v) is 6.45. The number of hydrogen-bond acceptors (Lipinski definition) is 3. The van der Waals surface area contributed by atoms with Gasteiger partial charge in [-0.15, -0.1) is 0 Å². The van der Waals surface area contributed by atoms with Crippen LogP contribution in [0.15, 0.2) is 0 Å². The summed E-state index contributed by atoms with van der Waals surface area (Å²) in [5, 5.41) is 3.37. The predicted molar refractivity (Wildman–Crippen MR) is 60.1 cm³/mol. The minimum absolute atomic E-state index is 0.168. The Balaban J connectivity index is 1.81. The van der Waals surface area contributed by atoms with Gasteiger partial charge in [-0.3, -0.25) is 4.79 Å². The Bertz CT molecular complexity index is 289. The van der Waals surface area contributed by atoms with Crippen LogP contribution >= 0.6 is 0 Å². The lowest BCUT2D eigenvalue weighted by Crippen LogP contribution is -2.56. The molecule has 3 aliphatic rings. The molecule has 4 heteroatoms. The first kappa shape index (κ1) is 10.5. The van der Waals surface area contributed by atoms with Crippen molar-refractivity contribution in [2.24, 2.45) is 5.41 Å². The number of piperidine rings is 1.